The second-order valence-corrected chi connectivity index (χ2v) is 6.51. The predicted octanol–water partition coefficient (Wildman–Crippen LogP) is 2.98. The highest BCUT2D eigenvalue weighted by atomic mass is 32.2. The molecule has 0 atom stereocenters. The van der Waals surface area contributed by atoms with Gasteiger partial charge in [0, 0.05) is 12.3 Å². The normalized spacial score (nSPS) is 19.1. The molecule has 20 heavy (non-hydrogen) atoms. The molecular formula is C12H19F3N2OS2. The number of rotatable bonds is 5. The lowest BCUT2D eigenvalue weighted by atomic mass is 9.79. The molecule has 0 aliphatic heterocycles. The number of halogens is 3. The van der Waals surface area contributed by atoms with Crippen molar-refractivity contribution in [3.8, 4) is 0 Å². The molecule has 0 radical (unpaired) electrons. The Balaban J connectivity index is 2.54. The van der Waals surface area contributed by atoms with E-state index >= 15 is 0 Å². The van der Waals surface area contributed by atoms with Gasteiger partial charge in [-0.1, -0.05) is 37.9 Å². The van der Waals surface area contributed by atoms with Gasteiger partial charge in [0.25, 0.3) is 0 Å². The third kappa shape index (κ3) is 5.12. The Morgan fingerprint density at radius 3 is 2.25 bits per heavy atom. The van der Waals surface area contributed by atoms with Gasteiger partial charge in [0.2, 0.25) is 5.91 Å². The standard InChI is InChI=1S/C12H19F3N2OS2/c13-12(14,15)20-8-7-17-10(18)11(9(16)19)5-3-1-2-4-6-11/h1-8H2,(H2,16,19)(H,17,18). The monoisotopic (exact) mass is 328 g/mol. The fraction of sp³-hybridized carbons (Fsp3) is 0.833. The van der Waals surface area contributed by atoms with E-state index in [9.17, 15) is 18.0 Å². The molecule has 0 spiro atoms. The summed E-state index contributed by atoms with van der Waals surface area (Å²) in [6, 6.07) is 0. The Labute approximate surface area is 126 Å². The van der Waals surface area contributed by atoms with Crippen LogP contribution >= 0.6 is 24.0 Å². The Hall–Kier alpha value is -0.500. The second-order valence-electron chi connectivity index (χ2n) is 4.91. The van der Waals surface area contributed by atoms with Crippen LogP contribution in [0.3, 0.4) is 0 Å². The Kier molecular flexibility index (Phi) is 6.57. The molecule has 1 aliphatic rings. The number of nitrogens with one attached hydrogen (secondary N) is 1. The van der Waals surface area contributed by atoms with E-state index in [1.54, 1.807) is 0 Å². The zero-order chi connectivity index (χ0) is 15.2. The molecule has 0 unspecified atom stereocenters. The third-order valence-corrected chi connectivity index (χ3v) is 4.64. The van der Waals surface area contributed by atoms with Crippen LogP contribution in [0.1, 0.15) is 38.5 Å². The number of carbonyl (C=O) groups excluding carboxylic acids is 1. The predicted molar refractivity (Wildman–Crippen MR) is 78.4 cm³/mol. The fourth-order valence-electron chi connectivity index (χ4n) is 2.42. The molecule has 3 N–H and O–H groups in total. The van der Waals surface area contributed by atoms with Crippen molar-refractivity contribution < 1.29 is 18.0 Å². The van der Waals surface area contributed by atoms with Crippen molar-refractivity contribution >= 4 is 34.9 Å². The van der Waals surface area contributed by atoms with Gasteiger partial charge in [0.1, 0.15) is 0 Å². The third-order valence-electron chi connectivity index (χ3n) is 3.52. The van der Waals surface area contributed by atoms with Crippen molar-refractivity contribution in [2.75, 3.05) is 12.3 Å². The van der Waals surface area contributed by atoms with E-state index in [0.29, 0.717) is 12.8 Å². The van der Waals surface area contributed by atoms with E-state index in [1.807, 2.05) is 0 Å². The van der Waals surface area contributed by atoms with Gasteiger partial charge in [0.05, 0.1) is 10.4 Å². The smallest absolute Gasteiger partial charge is 0.392 e. The SMILES string of the molecule is NC(=S)C1(C(=O)NCCSC(F)(F)F)CCCCCC1. The van der Waals surface area contributed by atoms with Crippen molar-refractivity contribution in [3.63, 3.8) is 0 Å². The number of alkyl halides is 3. The zero-order valence-corrected chi connectivity index (χ0v) is 12.7. The minimum absolute atomic E-state index is 0.0344. The molecule has 0 bridgehead atoms. The number of hydrogen-bond donors (Lipinski definition) is 2. The molecule has 1 aliphatic carbocycles. The maximum absolute atomic E-state index is 12.3. The number of carbonyl (C=O) groups is 1. The lowest BCUT2D eigenvalue weighted by Gasteiger charge is -2.30. The number of nitrogens with two attached hydrogens (primary N) is 1. The largest absolute Gasteiger partial charge is 0.441 e. The van der Waals surface area contributed by atoms with Crippen LogP contribution in [0.5, 0.6) is 0 Å². The molecule has 1 saturated carbocycles. The minimum atomic E-state index is -4.27. The van der Waals surface area contributed by atoms with Gasteiger partial charge in [-0.25, -0.2) is 0 Å². The molecular weight excluding hydrogens is 309 g/mol. The summed E-state index contributed by atoms with van der Waals surface area (Å²) in [6.07, 6.45) is 4.95. The molecule has 1 rings (SSSR count). The highest BCUT2D eigenvalue weighted by Crippen LogP contribution is 2.36. The first-order valence-electron chi connectivity index (χ1n) is 6.57. The first kappa shape index (κ1) is 17.6. The Bertz CT molecular complexity index is 353. The van der Waals surface area contributed by atoms with Gasteiger partial charge < -0.3 is 11.1 Å². The number of hydrogen-bond acceptors (Lipinski definition) is 3. The molecule has 116 valence electrons. The fourth-order valence-corrected chi connectivity index (χ4v) is 3.15. The maximum Gasteiger partial charge on any atom is 0.441 e. The summed E-state index contributed by atoms with van der Waals surface area (Å²) in [4.78, 5) is 12.4. The molecule has 1 fully saturated rings. The highest BCUT2D eigenvalue weighted by molar-refractivity contribution is 8.00. The number of thiocarbonyl (C=S) groups is 1. The van der Waals surface area contributed by atoms with Crippen LogP contribution in [0.4, 0.5) is 13.2 Å². The van der Waals surface area contributed by atoms with Crippen molar-refractivity contribution in [2.24, 2.45) is 11.1 Å². The van der Waals surface area contributed by atoms with Gasteiger partial charge >= 0.3 is 5.51 Å². The topological polar surface area (TPSA) is 55.1 Å². The first-order chi connectivity index (χ1) is 9.28. The summed E-state index contributed by atoms with van der Waals surface area (Å²) in [5.41, 5.74) is 0.581. The molecule has 3 nitrogen and oxygen atoms in total. The summed E-state index contributed by atoms with van der Waals surface area (Å²) in [7, 11) is 0. The average molecular weight is 328 g/mol. The summed E-state index contributed by atoms with van der Waals surface area (Å²) in [5, 5.41) is 2.55. The number of amides is 1. The Morgan fingerprint density at radius 1 is 1.25 bits per heavy atom. The lowest BCUT2D eigenvalue weighted by molar-refractivity contribution is -0.128. The van der Waals surface area contributed by atoms with Crippen LogP contribution in [0.15, 0.2) is 0 Å². The van der Waals surface area contributed by atoms with E-state index < -0.39 is 10.9 Å². The average Bonchev–Trinajstić information content (AvgIpc) is 2.59. The van der Waals surface area contributed by atoms with E-state index in [0.717, 1.165) is 25.7 Å². The van der Waals surface area contributed by atoms with Crippen LogP contribution in [-0.4, -0.2) is 28.7 Å². The van der Waals surface area contributed by atoms with Crippen LogP contribution < -0.4 is 11.1 Å². The Morgan fingerprint density at radius 2 is 1.80 bits per heavy atom. The maximum atomic E-state index is 12.3. The van der Waals surface area contributed by atoms with Crippen LogP contribution in [0.2, 0.25) is 0 Å². The molecule has 8 heteroatoms. The van der Waals surface area contributed by atoms with Crippen LogP contribution in [0, 0.1) is 5.41 Å². The lowest BCUT2D eigenvalue weighted by Crippen LogP contribution is -2.49. The van der Waals surface area contributed by atoms with E-state index in [1.165, 1.54) is 0 Å². The van der Waals surface area contributed by atoms with Crippen molar-refractivity contribution in [1.82, 2.24) is 5.32 Å². The van der Waals surface area contributed by atoms with Gasteiger partial charge in [-0.05, 0) is 24.6 Å². The summed E-state index contributed by atoms with van der Waals surface area (Å²) in [5.74, 6) is -0.530. The van der Waals surface area contributed by atoms with Crippen molar-refractivity contribution in [2.45, 2.75) is 44.0 Å². The zero-order valence-electron chi connectivity index (χ0n) is 11.1. The summed E-state index contributed by atoms with van der Waals surface area (Å²) in [6.45, 7) is -0.0344. The van der Waals surface area contributed by atoms with Gasteiger partial charge in [-0.15, -0.1) is 0 Å². The second kappa shape index (κ2) is 7.49. The molecule has 0 heterocycles. The molecule has 0 aromatic carbocycles. The van der Waals surface area contributed by atoms with Crippen molar-refractivity contribution in [3.05, 3.63) is 0 Å². The highest BCUT2D eigenvalue weighted by Gasteiger charge is 2.41. The van der Waals surface area contributed by atoms with E-state index in [2.05, 4.69) is 5.32 Å². The van der Waals surface area contributed by atoms with Crippen molar-refractivity contribution in [1.29, 1.82) is 0 Å². The van der Waals surface area contributed by atoms with E-state index in [-0.39, 0.29) is 35.0 Å². The molecule has 0 aromatic heterocycles. The summed E-state index contributed by atoms with van der Waals surface area (Å²) >= 11 is 4.89. The number of thioether (sulfide) groups is 1. The van der Waals surface area contributed by atoms with Gasteiger partial charge in [0.15, 0.2) is 0 Å². The van der Waals surface area contributed by atoms with Gasteiger partial charge in [-0.2, -0.15) is 13.2 Å². The van der Waals surface area contributed by atoms with Gasteiger partial charge in [-0.3, -0.25) is 4.79 Å². The summed E-state index contributed by atoms with van der Waals surface area (Å²) < 4.78 is 36.0. The molecule has 0 saturated heterocycles. The quantitative estimate of drug-likeness (QED) is 0.463. The molecule has 1 amide bonds. The van der Waals surface area contributed by atoms with Crippen LogP contribution in [-0.2, 0) is 4.79 Å². The van der Waals surface area contributed by atoms with E-state index in [4.69, 9.17) is 18.0 Å². The minimum Gasteiger partial charge on any atom is -0.392 e. The first-order valence-corrected chi connectivity index (χ1v) is 7.96. The van der Waals surface area contributed by atoms with Crippen LogP contribution in [0.25, 0.3) is 0 Å². The molecule has 0 aromatic rings.